The first-order valence-electron chi connectivity index (χ1n) is 7.90. The van der Waals surface area contributed by atoms with Crippen LogP contribution in [-0.2, 0) is 11.2 Å². The lowest BCUT2D eigenvalue weighted by Crippen LogP contribution is -2.39. The Balaban J connectivity index is 1.42. The lowest BCUT2D eigenvalue weighted by Gasteiger charge is -2.31. The maximum absolute atomic E-state index is 12.4. The highest BCUT2D eigenvalue weighted by Gasteiger charge is 2.26. The predicted octanol–water partition coefficient (Wildman–Crippen LogP) is 2.74. The summed E-state index contributed by atoms with van der Waals surface area (Å²) in [5, 5.41) is 12.7. The summed E-state index contributed by atoms with van der Waals surface area (Å²) < 4.78 is 2.06. The molecule has 4 heterocycles. The topological polar surface area (TPSA) is 50.5 Å². The molecule has 0 unspecified atom stereocenters. The van der Waals surface area contributed by atoms with Gasteiger partial charge in [0.25, 0.3) is 0 Å². The monoisotopic (exact) mass is 326 g/mol. The Morgan fingerprint density at radius 3 is 2.87 bits per heavy atom. The van der Waals surface area contributed by atoms with E-state index in [1.165, 1.54) is 0 Å². The molecular weight excluding hydrogens is 308 g/mol. The van der Waals surface area contributed by atoms with Crippen molar-refractivity contribution >= 4 is 22.9 Å². The van der Waals surface area contributed by atoms with E-state index in [1.54, 1.807) is 11.3 Å². The van der Waals surface area contributed by atoms with Crippen LogP contribution in [0, 0.1) is 0 Å². The SMILES string of the molecule is O=C(Cc1ccsc1)N1CCC(c2nnc3ccccn23)CC1. The summed E-state index contributed by atoms with van der Waals surface area (Å²) in [5.74, 6) is 1.62. The normalized spacial score (nSPS) is 16.1. The molecule has 1 amide bonds. The molecule has 118 valence electrons. The Morgan fingerprint density at radius 2 is 2.09 bits per heavy atom. The maximum atomic E-state index is 12.4. The lowest BCUT2D eigenvalue weighted by molar-refractivity contribution is -0.131. The van der Waals surface area contributed by atoms with Gasteiger partial charge in [0, 0.05) is 25.2 Å². The van der Waals surface area contributed by atoms with E-state index in [0.717, 1.165) is 43.0 Å². The van der Waals surface area contributed by atoms with Crippen LogP contribution in [-0.4, -0.2) is 38.5 Å². The van der Waals surface area contributed by atoms with E-state index in [-0.39, 0.29) is 5.91 Å². The van der Waals surface area contributed by atoms with Crippen LogP contribution in [0.3, 0.4) is 0 Å². The van der Waals surface area contributed by atoms with Gasteiger partial charge in [0.05, 0.1) is 6.42 Å². The average Bonchev–Trinajstić information content (AvgIpc) is 3.24. The molecule has 0 aliphatic carbocycles. The van der Waals surface area contributed by atoms with Crippen molar-refractivity contribution in [2.75, 3.05) is 13.1 Å². The van der Waals surface area contributed by atoms with Gasteiger partial charge in [-0.25, -0.2) is 0 Å². The quantitative estimate of drug-likeness (QED) is 0.743. The smallest absolute Gasteiger partial charge is 0.227 e. The molecular formula is C17H18N4OS. The number of carbonyl (C=O) groups is 1. The number of rotatable bonds is 3. The van der Waals surface area contributed by atoms with Crippen LogP contribution in [0.5, 0.6) is 0 Å². The highest BCUT2D eigenvalue weighted by atomic mass is 32.1. The van der Waals surface area contributed by atoms with Gasteiger partial charge in [0.1, 0.15) is 5.82 Å². The fourth-order valence-electron chi connectivity index (χ4n) is 3.21. The largest absolute Gasteiger partial charge is 0.342 e. The number of hydrogen-bond donors (Lipinski definition) is 0. The highest BCUT2D eigenvalue weighted by molar-refractivity contribution is 7.07. The van der Waals surface area contributed by atoms with Gasteiger partial charge in [-0.05, 0) is 47.4 Å². The molecule has 5 nitrogen and oxygen atoms in total. The van der Waals surface area contributed by atoms with Crippen LogP contribution in [0.2, 0.25) is 0 Å². The maximum Gasteiger partial charge on any atom is 0.227 e. The van der Waals surface area contributed by atoms with E-state index in [4.69, 9.17) is 0 Å². The first kappa shape index (κ1) is 14.4. The number of aromatic nitrogens is 3. The van der Waals surface area contributed by atoms with Gasteiger partial charge in [-0.15, -0.1) is 10.2 Å². The van der Waals surface area contributed by atoms with Gasteiger partial charge in [-0.1, -0.05) is 6.07 Å². The number of hydrogen-bond acceptors (Lipinski definition) is 4. The van der Waals surface area contributed by atoms with Gasteiger partial charge in [-0.2, -0.15) is 11.3 Å². The van der Waals surface area contributed by atoms with E-state index < -0.39 is 0 Å². The zero-order valence-corrected chi connectivity index (χ0v) is 13.6. The van der Waals surface area contributed by atoms with Gasteiger partial charge in [-0.3, -0.25) is 9.20 Å². The van der Waals surface area contributed by atoms with Gasteiger partial charge >= 0.3 is 0 Å². The number of fused-ring (bicyclic) bond motifs is 1. The third kappa shape index (κ3) is 2.86. The standard InChI is InChI=1S/C17H18N4OS/c22-16(11-13-6-10-23-12-13)20-8-4-14(5-9-20)17-19-18-15-3-1-2-7-21(15)17/h1-3,6-7,10,12,14H,4-5,8-9,11H2. The third-order valence-electron chi connectivity index (χ3n) is 4.49. The summed E-state index contributed by atoms with van der Waals surface area (Å²) in [6.07, 6.45) is 4.43. The molecule has 4 rings (SSSR count). The number of thiophene rings is 1. The molecule has 23 heavy (non-hydrogen) atoms. The van der Waals surface area contributed by atoms with Crippen molar-refractivity contribution in [2.24, 2.45) is 0 Å². The second-order valence-corrected chi connectivity index (χ2v) is 6.73. The Morgan fingerprint density at radius 1 is 1.22 bits per heavy atom. The summed E-state index contributed by atoms with van der Waals surface area (Å²) >= 11 is 1.64. The molecule has 3 aromatic heterocycles. The van der Waals surface area contributed by atoms with E-state index in [2.05, 4.69) is 14.6 Å². The number of piperidine rings is 1. The Bertz CT molecular complexity index is 803. The number of amides is 1. The zero-order chi connectivity index (χ0) is 15.6. The van der Waals surface area contributed by atoms with Gasteiger partial charge in [0.15, 0.2) is 5.65 Å². The number of likely N-dealkylation sites (tertiary alicyclic amines) is 1. The van der Waals surface area contributed by atoms with Crippen molar-refractivity contribution in [3.63, 3.8) is 0 Å². The molecule has 1 aliphatic rings. The van der Waals surface area contributed by atoms with E-state index >= 15 is 0 Å². The van der Waals surface area contributed by atoms with Crippen LogP contribution in [0.4, 0.5) is 0 Å². The highest BCUT2D eigenvalue weighted by Crippen LogP contribution is 2.27. The van der Waals surface area contributed by atoms with Gasteiger partial charge < -0.3 is 4.90 Å². The Kier molecular flexibility index (Phi) is 3.83. The van der Waals surface area contributed by atoms with Crippen LogP contribution >= 0.6 is 11.3 Å². The molecule has 0 aromatic carbocycles. The minimum atomic E-state index is 0.230. The molecule has 6 heteroatoms. The first-order chi connectivity index (χ1) is 11.3. The number of nitrogens with zero attached hydrogens (tertiary/aromatic N) is 4. The molecule has 3 aromatic rings. The molecule has 0 N–H and O–H groups in total. The van der Waals surface area contributed by atoms with E-state index in [1.807, 2.05) is 46.1 Å². The summed E-state index contributed by atoms with van der Waals surface area (Å²) in [6, 6.07) is 7.96. The summed E-state index contributed by atoms with van der Waals surface area (Å²) in [7, 11) is 0. The van der Waals surface area contributed by atoms with Crippen molar-refractivity contribution in [2.45, 2.75) is 25.2 Å². The van der Waals surface area contributed by atoms with Crippen molar-refractivity contribution in [1.82, 2.24) is 19.5 Å². The van der Waals surface area contributed by atoms with Gasteiger partial charge in [0.2, 0.25) is 5.91 Å². The Hall–Kier alpha value is -2.21. The van der Waals surface area contributed by atoms with Crippen LogP contribution in [0.25, 0.3) is 5.65 Å². The van der Waals surface area contributed by atoms with Crippen molar-refractivity contribution in [1.29, 1.82) is 0 Å². The molecule has 1 aliphatic heterocycles. The fraction of sp³-hybridized carbons (Fsp3) is 0.353. The average molecular weight is 326 g/mol. The number of pyridine rings is 1. The minimum Gasteiger partial charge on any atom is -0.342 e. The first-order valence-corrected chi connectivity index (χ1v) is 8.84. The second-order valence-electron chi connectivity index (χ2n) is 5.95. The van der Waals surface area contributed by atoms with Crippen molar-refractivity contribution in [3.8, 4) is 0 Å². The molecule has 0 radical (unpaired) electrons. The van der Waals surface area contributed by atoms with Crippen molar-refractivity contribution in [3.05, 3.63) is 52.6 Å². The summed E-state index contributed by atoms with van der Waals surface area (Å²) in [5.41, 5.74) is 2.00. The van der Waals surface area contributed by atoms with Crippen LogP contribution in [0.1, 0.15) is 30.1 Å². The molecule has 1 saturated heterocycles. The summed E-state index contributed by atoms with van der Waals surface area (Å²) in [4.78, 5) is 14.4. The molecule has 0 bridgehead atoms. The predicted molar refractivity (Wildman–Crippen MR) is 89.6 cm³/mol. The summed E-state index contributed by atoms with van der Waals surface area (Å²) in [6.45, 7) is 1.60. The lowest BCUT2D eigenvalue weighted by atomic mass is 9.95. The third-order valence-corrected chi connectivity index (χ3v) is 5.22. The van der Waals surface area contributed by atoms with Crippen LogP contribution < -0.4 is 0 Å². The van der Waals surface area contributed by atoms with Crippen molar-refractivity contribution < 1.29 is 4.79 Å². The fourth-order valence-corrected chi connectivity index (χ4v) is 3.87. The molecule has 0 spiro atoms. The number of carbonyl (C=O) groups excluding carboxylic acids is 1. The van der Waals surface area contributed by atoms with E-state index in [0.29, 0.717) is 12.3 Å². The zero-order valence-electron chi connectivity index (χ0n) is 12.8. The van der Waals surface area contributed by atoms with Crippen LogP contribution in [0.15, 0.2) is 41.2 Å². The minimum absolute atomic E-state index is 0.230. The van der Waals surface area contributed by atoms with E-state index in [9.17, 15) is 4.79 Å². The molecule has 0 atom stereocenters. The second kappa shape index (κ2) is 6.12. The molecule has 1 fully saturated rings. The Labute approximate surface area is 138 Å². The molecule has 0 saturated carbocycles.